The molecular weight excluding hydrogens is 316 g/mol. The number of hydrogen-bond acceptors (Lipinski definition) is 4. The molecule has 112 valence electrons. The molecule has 1 aromatic heterocycles. The number of aromatic nitrogens is 2. The van der Waals surface area contributed by atoms with Crippen LogP contribution in [0.15, 0.2) is 4.47 Å². The maximum atomic E-state index is 6.05. The van der Waals surface area contributed by atoms with Crippen LogP contribution < -0.4 is 5.73 Å². The number of rotatable bonds is 6. The molecule has 1 aliphatic rings. The molecule has 2 N–H and O–H groups in total. The number of nitrogens with two attached hydrogens (primary N) is 1. The van der Waals surface area contributed by atoms with Crippen molar-refractivity contribution < 1.29 is 0 Å². The molecule has 0 amide bonds. The second kappa shape index (κ2) is 7.36. The van der Waals surface area contributed by atoms with Gasteiger partial charge in [0.05, 0.1) is 10.2 Å². The van der Waals surface area contributed by atoms with E-state index in [0.717, 1.165) is 42.0 Å². The molecular formula is C15H25BrN4. The first-order valence-corrected chi connectivity index (χ1v) is 8.49. The third kappa shape index (κ3) is 3.70. The second-order valence-corrected chi connectivity index (χ2v) is 6.28. The topological polar surface area (TPSA) is 55.0 Å². The summed E-state index contributed by atoms with van der Waals surface area (Å²) in [5.41, 5.74) is 7.18. The van der Waals surface area contributed by atoms with Crippen LogP contribution in [0.25, 0.3) is 0 Å². The standard InChI is InChI=1S/C15H25BrN4/c1-3-20(4-2)10-9-12-18-14(11-7-5-6-8-11)13(16)15(17)19-12/h11H,3-10H2,1-2H3,(H2,17,18,19). The molecule has 0 spiro atoms. The van der Waals surface area contributed by atoms with E-state index >= 15 is 0 Å². The maximum Gasteiger partial charge on any atom is 0.141 e. The Morgan fingerprint density at radius 3 is 2.45 bits per heavy atom. The third-order valence-corrected chi connectivity index (χ3v) is 5.05. The first-order chi connectivity index (χ1) is 9.65. The fourth-order valence-electron chi connectivity index (χ4n) is 2.91. The van der Waals surface area contributed by atoms with Crippen LogP contribution in [-0.2, 0) is 6.42 Å². The Labute approximate surface area is 130 Å². The zero-order valence-corrected chi connectivity index (χ0v) is 14.1. The van der Waals surface area contributed by atoms with E-state index in [2.05, 4.69) is 39.7 Å². The van der Waals surface area contributed by atoms with Gasteiger partial charge in [0.2, 0.25) is 0 Å². The van der Waals surface area contributed by atoms with Gasteiger partial charge in [0.1, 0.15) is 11.6 Å². The van der Waals surface area contributed by atoms with Gasteiger partial charge in [0.25, 0.3) is 0 Å². The molecule has 2 rings (SSSR count). The smallest absolute Gasteiger partial charge is 0.141 e. The summed E-state index contributed by atoms with van der Waals surface area (Å²) >= 11 is 3.57. The van der Waals surface area contributed by atoms with Crippen molar-refractivity contribution in [2.75, 3.05) is 25.4 Å². The SMILES string of the molecule is CCN(CC)CCc1nc(N)c(Br)c(C2CCCC2)n1. The molecule has 1 aliphatic carbocycles. The van der Waals surface area contributed by atoms with E-state index in [9.17, 15) is 0 Å². The number of halogens is 1. The molecule has 0 radical (unpaired) electrons. The molecule has 1 fully saturated rings. The van der Waals surface area contributed by atoms with Gasteiger partial charge in [-0.15, -0.1) is 0 Å². The van der Waals surface area contributed by atoms with Crippen molar-refractivity contribution in [3.8, 4) is 0 Å². The Morgan fingerprint density at radius 2 is 1.85 bits per heavy atom. The highest BCUT2D eigenvalue weighted by atomic mass is 79.9. The lowest BCUT2D eigenvalue weighted by Crippen LogP contribution is -2.26. The summed E-state index contributed by atoms with van der Waals surface area (Å²) < 4.78 is 0.913. The van der Waals surface area contributed by atoms with Crippen LogP contribution in [-0.4, -0.2) is 34.5 Å². The van der Waals surface area contributed by atoms with Gasteiger partial charge in [0, 0.05) is 18.9 Å². The summed E-state index contributed by atoms with van der Waals surface area (Å²) in [4.78, 5) is 11.6. The average Bonchev–Trinajstić information content (AvgIpc) is 2.97. The number of nitrogens with zero attached hydrogens (tertiary/aromatic N) is 3. The fourth-order valence-corrected chi connectivity index (χ4v) is 3.41. The molecule has 1 aromatic rings. The predicted octanol–water partition coefficient (Wildman–Crippen LogP) is 3.36. The van der Waals surface area contributed by atoms with Crippen molar-refractivity contribution in [3.05, 3.63) is 16.0 Å². The van der Waals surface area contributed by atoms with Crippen molar-refractivity contribution >= 4 is 21.7 Å². The minimum Gasteiger partial charge on any atom is -0.383 e. The van der Waals surface area contributed by atoms with Crippen molar-refractivity contribution in [1.82, 2.24) is 14.9 Å². The second-order valence-electron chi connectivity index (χ2n) is 5.48. The molecule has 0 bridgehead atoms. The summed E-state index contributed by atoms with van der Waals surface area (Å²) in [6, 6.07) is 0. The molecule has 0 aromatic carbocycles. The van der Waals surface area contributed by atoms with Crippen molar-refractivity contribution in [1.29, 1.82) is 0 Å². The van der Waals surface area contributed by atoms with Crippen LogP contribution in [0, 0.1) is 0 Å². The zero-order valence-electron chi connectivity index (χ0n) is 12.5. The molecule has 1 saturated carbocycles. The number of hydrogen-bond donors (Lipinski definition) is 1. The van der Waals surface area contributed by atoms with Crippen molar-refractivity contribution in [2.24, 2.45) is 0 Å². The number of likely N-dealkylation sites (N-methyl/N-ethyl adjacent to an activating group) is 1. The summed E-state index contributed by atoms with van der Waals surface area (Å²) in [5, 5.41) is 0. The fraction of sp³-hybridized carbons (Fsp3) is 0.733. The van der Waals surface area contributed by atoms with Crippen molar-refractivity contribution in [2.45, 2.75) is 51.9 Å². The Bertz CT molecular complexity index is 440. The van der Waals surface area contributed by atoms with E-state index in [0.29, 0.717) is 11.7 Å². The first kappa shape index (κ1) is 15.7. The van der Waals surface area contributed by atoms with Gasteiger partial charge in [-0.1, -0.05) is 26.7 Å². The maximum absolute atomic E-state index is 6.05. The lowest BCUT2D eigenvalue weighted by atomic mass is 10.0. The monoisotopic (exact) mass is 340 g/mol. The van der Waals surface area contributed by atoms with Gasteiger partial charge < -0.3 is 10.6 Å². The Kier molecular flexibility index (Phi) is 5.78. The van der Waals surface area contributed by atoms with E-state index in [1.807, 2.05) is 0 Å². The molecule has 5 heteroatoms. The van der Waals surface area contributed by atoms with Crippen LogP contribution >= 0.6 is 15.9 Å². The van der Waals surface area contributed by atoms with Crippen LogP contribution in [0.1, 0.15) is 57.0 Å². The molecule has 20 heavy (non-hydrogen) atoms. The lowest BCUT2D eigenvalue weighted by molar-refractivity contribution is 0.305. The van der Waals surface area contributed by atoms with Gasteiger partial charge in [-0.05, 0) is 41.9 Å². The minimum absolute atomic E-state index is 0.557. The molecule has 0 unspecified atom stereocenters. The quantitative estimate of drug-likeness (QED) is 0.862. The lowest BCUT2D eigenvalue weighted by Gasteiger charge is -2.18. The summed E-state index contributed by atoms with van der Waals surface area (Å²) in [6.07, 6.45) is 5.93. The molecule has 0 saturated heterocycles. The Hall–Kier alpha value is -0.680. The normalized spacial score (nSPS) is 16.2. The van der Waals surface area contributed by atoms with Gasteiger partial charge in [-0.2, -0.15) is 0 Å². The van der Waals surface area contributed by atoms with Crippen LogP contribution in [0.3, 0.4) is 0 Å². The van der Waals surface area contributed by atoms with E-state index < -0.39 is 0 Å². The van der Waals surface area contributed by atoms with Gasteiger partial charge in [-0.25, -0.2) is 9.97 Å². The molecule has 1 heterocycles. The highest BCUT2D eigenvalue weighted by Gasteiger charge is 2.23. The molecule has 4 nitrogen and oxygen atoms in total. The van der Waals surface area contributed by atoms with Crippen molar-refractivity contribution in [3.63, 3.8) is 0 Å². The van der Waals surface area contributed by atoms with E-state index in [1.165, 1.54) is 25.7 Å². The largest absolute Gasteiger partial charge is 0.383 e. The van der Waals surface area contributed by atoms with E-state index in [4.69, 9.17) is 10.7 Å². The van der Waals surface area contributed by atoms with Crippen LogP contribution in [0.2, 0.25) is 0 Å². The molecule has 0 atom stereocenters. The summed E-state index contributed by atoms with van der Waals surface area (Å²) in [5.74, 6) is 2.04. The average molecular weight is 341 g/mol. The first-order valence-electron chi connectivity index (χ1n) is 7.69. The van der Waals surface area contributed by atoms with Crippen LogP contribution in [0.4, 0.5) is 5.82 Å². The Balaban J connectivity index is 2.13. The third-order valence-electron chi connectivity index (χ3n) is 4.24. The molecule has 0 aliphatic heterocycles. The van der Waals surface area contributed by atoms with E-state index in [-0.39, 0.29) is 0 Å². The highest BCUT2D eigenvalue weighted by Crippen LogP contribution is 2.38. The van der Waals surface area contributed by atoms with Gasteiger partial charge in [0.15, 0.2) is 0 Å². The Morgan fingerprint density at radius 1 is 1.20 bits per heavy atom. The van der Waals surface area contributed by atoms with Crippen LogP contribution in [0.5, 0.6) is 0 Å². The zero-order chi connectivity index (χ0) is 14.5. The minimum atomic E-state index is 0.557. The number of anilines is 1. The highest BCUT2D eigenvalue weighted by molar-refractivity contribution is 9.10. The van der Waals surface area contributed by atoms with E-state index in [1.54, 1.807) is 0 Å². The predicted molar refractivity (Wildman–Crippen MR) is 86.8 cm³/mol. The van der Waals surface area contributed by atoms with Gasteiger partial charge >= 0.3 is 0 Å². The summed E-state index contributed by atoms with van der Waals surface area (Å²) in [6.45, 7) is 7.50. The number of nitrogen functional groups attached to an aromatic ring is 1. The van der Waals surface area contributed by atoms with Gasteiger partial charge in [-0.3, -0.25) is 0 Å². The summed E-state index contributed by atoms with van der Waals surface area (Å²) in [7, 11) is 0.